The number of aromatic nitrogens is 2. The lowest BCUT2D eigenvalue weighted by molar-refractivity contribution is 0.363. The molecule has 4 rings (SSSR count). The van der Waals surface area contributed by atoms with E-state index in [1.54, 1.807) is 6.26 Å². The Balaban J connectivity index is 1.30. The molecular weight excluding hydrogens is 362 g/mol. The fourth-order valence-electron chi connectivity index (χ4n) is 3.89. The maximum absolute atomic E-state index is 5.31. The van der Waals surface area contributed by atoms with Crippen LogP contribution in [0.5, 0.6) is 0 Å². The first-order valence-electron chi connectivity index (χ1n) is 10.3. The molecule has 1 aromatic carbocycles. The minimum Gasteiger partial charge on any atom is -0.465 e. The molecule has 0 radical (unpaired) electrons. The Morgan fingerprint density at radius 3 is 2.59 bits per heavy atom. The van der Waals surface area contributed by atoms with E-state index in [4.69, 9.17) is 14.4 Å². The van der Waals surface area contributed by atoms with E-state index in [9.17, 15) is 0 Å². The summed E-state index contributed by atoms with van der Waals surface area (Å²) in [5, 5.41) is 8.28. The molecule has 2 aromatic heterocycles. The third-order valence-electron chi connectivity index (χ3n) is 5.42. The monoisotopic (exact) mass is 391 g/mol. The summed E-state index contributed by atoms with van der Waals surface area (Å²) in [5.41, 5.74) is 0.979. The van der Waals surface area contributed by atoms with Gasteiger partial charge in [-0.2, -0.15) is 4.98 Å². The average Bonchev–Trinajstić information content (AvgIpc) is 3.25. The lowest BCUT2D eigenvalue weighted by atomic mass is 9.91. The number of rotatable bonds is 7. The summed E-state index contributed by atoms with van der Waals surface area (Å²) >= 11 is 0. The molecule has 0 bridgehead atoms. The summed E-state index contributed by atoms with van der Waals surface area (Å²) in [6, 6.07) is 13.0. The number of para-hydroxylation sites is 1. The van der Waals surface area contributed by atoms with Crippen molar-refractivity contribution in [1.82, 2.24) is 15.3 Å². The van der Waals surface area contributed by atoms with Gasteiger partial charge in [0.15, 0.2) is 0 Å². The summed E-state index contributed by atoms with van der Waals surface area (Å²) < 4.78 is 5.31. The second kappa shape index (κ2) is 9.09. The molecule has 1 aliphatic rings. The molecule has 1 fully saturated rings. The smallest absolute Gasteiger partial charge is 0.225 e. The molecular formula is C23H29N5O. The molecule has 6 nitrogen and oxygen atoms in total. The summed E-state index contributed by atoms with van der Waals surface area (Å²) in [4.78, 5) is 11.6. The van der Waals surface area contributed by atoms with Crippen LogP contribution in [0.25, 0.3) is 17.0 Å². The van der Waals surface area contributed by atoms with Gasteiger partial charge in [-0.05, 0) is 56.0 Å². The van der Waals surface area contributed by atoms with Crippen LogP contribution in [0, 0.1) is 0 Å². The van der Waals surface area contributed by atoms with Crippen molar-refractivity contribution in [3.8, 4) is 0 Å². The van der Waals surface area contributed by atoms with Crippen molar-refractivity contribution in [2.75, 3.05) is 30.9 Å². The summed E-state index contributed by atoms with van der Waals surface area (Å²) in [5.74, 6) is 2.58. The predicted octanol–water partition coefficient (Wildman–Crippen LogP) is 4.31. The van der Waals surface area contributed by atoms with Gasteiger partial charge in [-0.25, -0.2) is 4.98 Å². The predicted molar refractivity (Wildman–Crippen MR) is 119 cm³/mol. The van der Waals surface area contributed by atoms with Crippen molar-refractivity contribution in [3.63, 3.8) is 0 Å². The zero-order valence-corrected chi connectivity index (χ0v) is 17.1. The van der Waals surface area contributed by atoms with E-state index < -0.39 is 0 Å². The SMILES string of the molecule is CN(C)c1nc(N[C@H]2CC[C@@H](NC/C=C/c3ccco3)CC2)nc2ccccc12. The van der Waals surface area contributed by atoms with Crippen molar-refractivity contribution in [2.45, 2.75) is 37.8 Å². The number of nitrogens with one attached hydrogen (secondary N) is 2. The zero-order valence-electron chi connectivity index (χ0n) is 17.1. The second-order valence-electron chi connectivity index (χ2n) is 7.80. The molecule has 2 N–H and O–H groups in total. The van der Waals surface area contributed by atoms with Crippen molar-refractivity contribution >= 4 is 28.7 Å². The molecule has 1 saturated carbocycles. The Kier molecular flexibility index (Phi) is 6.10. The van der Waals surface area contributed by atoms with Crippen LogP contribution in [-0.2, 0) is 0 Å². The Hall–Kier alpha value is -2.86. The highest BCUT2D eigenvalue weighted by molar-refractivity contribution is 5.90. The Bertz CT molecular complexity index is 943. The van der Waals surface area contributed by atoms with E-state index >= 15 is 0 Å². The first-order valence-corrected chi connectivity index (χ1v) is 10.3. The van der Waals surface area contributed by atoms with Gasteiger partial charge in [-0.1, -0.05) is 18.2 Å². The van der Waals surface area contributed by atoms with Crippen molar-refractivity contribution in [2.24, 2.45) is 0 Å². The van der Waals surface area contributed by atoms with Gasteiger partial charge in [-0.3, -0.25) is 0 Å². The van der Waals surface area contributed by atoms with Gasteiger partial charge < -0.3 is 20.0 Å². The minimum absolute atomic E-state index is 0.419. The van der Waals surface area contributed by atoms with Crippen molar-refractivity contribution < 1.29 is 4.42 Å². The molecule has 0 aliphatic heterocycles. The maximum atomic E-state index is 5.31. The molecule has 0 unspecified atom stereocenters. The number of nitrogens with zero attached hydrogens (tertiary/aromatic N) is 3. The van der Waals surface area contributed by atoms with Gasteiger partial charge in [0.2, 0.25) is 5.95 Å². The van der Waals surface area contributed by atoms with Crippen LogP contribution in [0.4, 0.5) is 11.8 Å². The largest absolute Gasteiger partial charge is 0.465 e. The number of hydrogen-bond acceptors (Lipinski definition) is 6. The van der Waals surface area contributed by atoms with Gasteiger partial charge >= 0.3 is 0 Å². The highest BCUT2D eigenvalue weighted by Gasteiger charge is 2.21. The lowest BCUT2D eigenvalue weighted by Gasteiger charge is -2.29. The molecule has 3 aromatic rings. The molecule has 0 spiro atoms. The summed E-state index contributed by atoms with van der Waals surface area (Å²) in [7, 11) is 4.05. The van der Waals surface area contributed by atoms with Gasteiger partial charge in [-0.15, -0.1) is 0 Å². The molecule has 1 aliphatic carbocycles. The van der Waals surface area contributed by atoms with E-state index in [1.165, 1.54) is 0 Å². The summed E-state index contributed by atoms with van der Waals surface area (Å²) in [6.45, 7) is 0.865. The van der Waals surface area contributed by atoms with Crippen LogP contribution >= 0.6 is 0 Å². The highest BCUT2D eigenvalue weighted by Crippen LogP contribution is 2.26. The lowest BCUT2D eigenvalue weighted by Crippen LogP contribution is -2.37. The van der Waals surface area contributed by atoms with Crippen molar-refractivity contribution in [1.29, 1.82) is 0 Å². The van der Waals surface area contributed by atoms with Crippen LogP contribution in [0.1, 0.15) is 31.4 Å². The molecule has 152 valence electrons. The van der Waals surface area contributed by atoms with E-state index in [1.807, 2.05) is 55.4 Å². The molecule has 6 heteroatoms. The fourth-order valence-corrected chi connectivity index (χ4v) is 3.89. The van der Waals surface area contributed by atoms with E-state index in [0.717, 1.165) is 60.7 Å². The molecule has 0 atom stereocenters. The number of benzene rings is 1. The van der Waals surface area contributed by atoms with E-state index in [0.29, 0.717) is 12.1 Å². The van der Waals surface area contributed by atoms with Crippen molar-refractivity contribution in [3.05, 3.63) is 54.5 Å². The first kappa shape index (κ1) is 19.5. The molecule has 0 saturated heterocycles. The minimum atomic E-state index is 0.419. The normalized spacial score (nSPS) is 19.7. The van der Waals surface area contributed by atoms with Crippen LogP contribution in [0.2, 0.25) is 0 Å². The summed E-state index contributed by atoms with van der Waals surface area (Å²) in [6.07, 6.45) is 10.4. The highest BCUT2D eigenvalue weighted by atomic mass is 16.3. The third-order valence-corrected chi connectivity index (χ3v) is 5.42. The zero-order chi connectivity index (χ0) is 20.1. The van der Waals surface area contributed by atoms with Crippen LogP contribution in [0.15, 0.2) is 53.2 Å². The second-order valence-corrected chi connectivity index (χ2v) is 7.80. The molecule has 2 heterocycles. The van der Waals surface area contributed by atoms with Gasteiger partial charge in [0.1, 0.15) is 11.6 Å². The Morgan fingerprint density at radius 1 is 1.03 bits per heavy atom. The van der Waals surface area contributed by atoms with Crippen LogP contribution in [-0.4, -0.2) is 42.7 Å². The van der Waals surface area contributed by atoms with E-state index in [2.05, 4.69) is 22.8 Å². The fraction of sp³-hybridized carbons (Fsp3) is 0.391. The Labute approximate surface area is 172 Å². The Morgan fingerprint density at radius 2 is 1.83 bits per heavy atom. The van der Waals surface area contributed by atoms with Gasteiger partial charge in [0.05, 0.1) is 11.8 Å². The topological polar surface area (TPSA) is 66.2 Å². The standard InChI is InChI=1S/C23H29N5O/c1-28(2)22-20-9-3-4-10-21(20)26-23(27-22)25-18-13-11-17(12-14-18)24-15-5-7-19-8-6-16-29-19/h3-10,16-18,24H,11-15H2,1-2H3,(H,25,26,27)/b7-5+/t17-,18+. The number of fused-ring (bicyclic) bond motifs is 1. The number of furan rings is 1. The quantitative estimate of drug-likeness (QED) is 0.625. The number of hydrogen-bond donors (Lipinski definition) is 2. The first-order chi connectivity index (χ1) is 14.2. The van der Waals surface area contributed by atoms with Crippen LogP contribution in [0.3, 0.4) is 0 Å². The molecule has 29 heavy (non-hydrogen) atoms. The number of anilines is 2. The van der Waals surface area contributed by atoms with Crippen LogP contribution < -0.4 is 15.5 Å². The third kappa shape index (κ3) is 4.95. The van der Waals surface area contributed by atoms with E-state index in [-0.39, 0.29) is 0 Å². The van der Waals surface area contributed by atoms with Gasteiger partial charge in [0, 0.05) is 38.1 Å². The maximum Gasteiger partial charge on any atom is 0.225 e. The van der Waals surface area contributed by atoms with Gasteiger partial charge in [0.25, 0.3) is 0 Å². The average molecular weight is 392 g/mol. The molecule has 0 amide bonds.